The first-order valence-corrected chi connectivity index (χ1v) is 8.75. The highest BCUT2D eigenvalue weighted by Crippen LogP contribution is 2.18. The van der Waals surface area contributed by atoms with E-state index in [0.717, 1.165) is 29.4 Å². The highest BCUT2D eigenvalue weighted by molar-refractivity contribution is 5.57. The van der Waals surface area contributed by atoms with Crippen LogP contribution < -0.4 is 10.6 Å². The third-order valence-corrected chi connectivity index (χ3v) is 4.10. The lowest BCUT2D eigenvalue weighted by molar-refractivity contribution is 1.05. The fourth-order valence-electron chi connectivity index (χ4n) is 2.76. The van der Waals surface area contributed by atoms with Crippen LogP contribution in [0.5, 0.6) is 0 Å². The molecule has 0 aliphatic rings. The maximum absolute atomic E-state index is 4.57. The van der Waals surface area contributed by atoms with Crippen LogP contribution in [0, 0.1) is 6.92 Å². The zero-order valence-electron chi connectivity index (χ0n) is 15.0. The Hall–Kier alpha value is -3.67. The molecule has 0 unspecified atom stereocenters. The Bertz CT molecular complexity index is 995. The average molecular weight is 356 g/mol. The second-order valence-corrected chi connectivity index (χ2v) is 6.20. The first-order valence-electron chi connectivity index (χ1n) is 8.75. The van der Waals surface area contributed by atoms with Gasteiger partial charge in [0.25, 0.3) is 0 Å². The lowest BCUT2D eigenvalue weighted by Gasteiger charge is -2.11. The Morgan fingerprint density at radius 3 is 2.52 bits per heavy atom. The van der Waals surface area contributed by atoms with Gasteiger partial charge in [-0.2, -0.15) is 4.98 Å². The van der Waals surface area contributed by atoms with Crippen molar-refractivity contribution in [2.45, 2.75) is 13.5 Å². The van der Waals surface area contributed by atoms with Gasteiger partial charge in [-0.05, 0) is 36.8 Å². The summed E-state index contributed by atoms with van der Waals surface area (Å²) >= 11 is 0. The zero-order chi connectivity index (χ0) is 18.5. The molecule has 134 valence electrons. The Morgan fingerprint density at radius 2 is 1.78 bits per heavy atom. The molecule has 0 fully saturated rings. The number of anilines is 3. The first-order chi connectivity index (χ1) is 13.3. The SMILES string of the molecule is Cc1cc(NCc2ccccc2)nc(Nc2ccc(-n3ccnc3)cc2)n1. The molecule has 0 radical (unpaired) electrons. The van der Waals surface area contributed by atoms with E-state index < -0.39 is 0 Å². The van der Waals surface area contributed by atoms with Crippen molar-refractivity contribution in [2.75, 3.05) is 10.6 Å². The topological polar surface area (TPSA) is 67.7 Å². The number of hydrogen-bond acceptors (Lipinski definition) is 5. The normalized spacial score (nSPS) is 10.6. The molecule has 6 heteroatoms. The van der Waals surface area contributed by atoms with Crippen LogP contribution in [0.4, 0.5) is 17.5 Å². The highest BCUT2D eigenvalue weighted by Gasteiger charge is 2.04. The Kier molecular flexibility index (Phi) is 4.78. The number of imidazole rings is 1. The molecule has 0 spiro atoms. The summed E-state index contributed by atoms with van der Waals surface area (Å²) in [5, 5.41) is 6.62. The molecule has 2 aromatic carbocycles. The fourth-order valence-corrected chi connectivity index (χ4v) is 2.76. The van der Waals surface area contributed by atoms with Gasteiger partial charge < -0.3 is 15.2 Å². The van der Waals surface area contributed by atoms with Crippen molar-refractivity contribution < 1.29 is 0 Å². The summed E-state index contributed by atoms with van der Waals surface area (Å²) in [6, 6.07) is 20.2. The lowest BCUT2D eigenvalue weighted by Crippen LogP contribution is -2.05. The van der Waals surface area contributed by atoms with Gasteiger partial charge in [-0.1, -0.05) is 30.3 Å². The van der Waals surface area contributed by atoms with Gasteiger partial charge in [-0.15, -0.1) is 0 Å². The molecule has 0 atom stereocenters. The summed E-state index contributed by atoms with van der Waals surface area (Å²) in [6.45, 7) is 2.68. The molecule has 27 heavy (non-hydrogen) atoms. The van der Waals surface area contributed by atoms with E-state index in [1.807, 2.05) is 66.2 Å². The molecule has 4 rings (SSSR count). The van der Waals surface area contributed by atoms with Crippen LogP contribution in [-0.2, 0) is 6.54 Å². The average Bonchev–Trinajstić information content (AvgIpc) is 3.22. The van der Waals surface area contributed by atoms with E-state index in [9.17, 15) is 0 Å². The molecule has 0 amide bonds. The standard InChI is InChI=1S/C21H20N6/c1-16-13-20(23-14-17-5-3-2-4-6-17)26-21(24-16)25-18-7-9-19(10-8-18)27-12-11-22-15-27/h2-13,15H,14H2,1H3,(H2,23,24,25,26). The van der Waals surface area contributed by atoms with E-state index in [-0.39, 0.29) is 0 Å². The fraction of sp³-hybridized carbons (Fsp3) is 0.0952. The maximum Gasteiger partial charge on any atom is 0.229 e. The van der Waals surface area contributed by atoms with E-state index in [0.29, 0.717) is 5.95 Å². The summed E-state index contributed by atoms with van der Waals surface area (Å²) < 4.78 is 1.96. The Balaban J connectivity index is 1.46. The van der Waals surface area contributed by atoms with Crippen LogP contribution >= 0.6 is 0 Å². The van der Waals surface area contributed by atoms with Gasteiger partial charge in [0.05, 0.1) is 6.33 Å². The first kappa shape index (κ1) is 16.8. The van der Waals surface area contributed by atoms with Crippen molar-refractivity contribution in [2.24, 2.45) is 0 Å². The molecule has 0 saturated carbocycles. The van der Waals surface area contributed by atoms with Crippen molar-refractivity contribution in [3.05, 3.63) is 90.6 Å². The van der Waals surface area contributed by atoms with Gasteiger partial charge in [0.1, 0.15) is 5.82 Å². The predicted octanol–water partition coefficient (Wildman–Crippen LogP) is 4.33. The number of hydrogen-bond donors (Lipinski definition) is 2. The van der Waals surface area contributed by atoms with Gasteiger partial charge in [-0.25, -0.2) is 9.97 Å². The molecule has 0 saturated heterocycles. The van der Waals surface area contributed by atoms with Crippen molar-refractivity contribution in [3.8, 4) is 5.69 Å². The quantitative estimate of drug-likeness (QED) is 0.538. The van der Waals surface area contributed by atoms with Crippen molar-refractivity contribution in [1.29, 1.82) is 0 Å². The Morgan fingerprint density at radius 1 is 0.963 bits per heavy atom. The van der Waals surface area contributed by atoms with Crippen LogP contribution in [0.3, 0.4) is 0 Å². The van der Waals surface area contributed by atoms with E-state index >= 15 is 0 Å². The van der Waals surface area contributed by atoms with Crippen molar-refractivity contribution >= 4 is 17.5 Å². The predicted molar refractivity (Wildman–Crippen MR) is 107 cm³/mol. The molecule has 2 aromatic heterocycles. The largest absolute Gasteiger partial charge is 0.366 e. The van der Waals surface area contributed by atoms with Crippen LogP contribution in [0.2, 0.25) is 0 Å². The van der Waals surface area contributed by atoms with Gasteiger partial charge in [0.15, 0.2) is 0 Å². The van der Waals surface area contributed by atoms with Gasteiger partial charge in [-0.3, -0.25) is 0 Å². The number of rotatable bonds is 6. The smallest absolute Gasteiger partial charge is 0.229 e. The molecule has 2 heterocycles. The van der Waals surface area contributed by atoms with Gasteiger partial charge in [0.2, 0.25) is 5.95 Å². The molecular weight excluding hydrogens is 336 g/mol. The third kappa shape index (κ3) is 4.30. The van der Waals surface area contributed by atoms with Crippen LogP contribution in [0.25, 0.3) is 5.69 Å². The highest BCUT2D eigenvalue weighted by atomic mass is 15.1. The summed E-state index contributed by atoms with van der Waals surface area (Å²) in [5.41, 5.74) is 4.09. The number of nitrogens with one attached hydrogen (secondary N) is 2. The molecule has 0 bridgehead atoms. The van der Waals surface area contributed by atoms with E-state index in [4.69, 9.17) is 0 Å². The summed E-state index contributed by atoms with van der Waals surface area (Å²) in [7, 11) is 0. The summed E-state index contributed by atoms with van der Waals surface area (Å²) in [6.07, 6.45) is 5.45. The molecule has 6 nitrogen and oxygen atoms in total. The minimum absolute atomic E-state index is 0.570. The second-order valence-electron chi connectivity index (χ2n) is 6.20. The van der Waals surface area contributed by atoms with Crippen LogP contribution in [0.1, 0.15) is 11.3 Å². The zero-order valence-corrected chi connectivity index (χ0v) is 15.0. The maximum atomic E-state index is 4.57. The Labute approximate surface area is 158 Å². The number of aryl methyl sites for hydroxylation is 1. The molecule has 0 aliphatic heterocycles. The molecule has 2 N–H and O–H groups in total. The second kappa shape index (κ2) is 7.70. The van der Waals surface area contributed by atoms with Crippen molar-refractivity contribution in [3.63, 3.8) is 0 Å². The summed E-state index contributed by atoms with van der Waals surface area (Å²) in [4.78, 5) is 13.1. The number of nitrogens with zero attached hydrogens (tertiary/aromatic N) is 4. The van der Waals surface area contributed by atoms with E-state index in [1.165, 1.54) is 5.56 Å². The number of aromatic nitrogens is 4. The van der Waals surface area contributed by atoms with Crippen LogP contribution in [-0.4, -0.2) is 19.5 Å². The van der Waals surface area contributed by atoms with Crippen molar-refractivity contribution in [1.82, 2.24) is 19.5 Å². The molecule has 4 aromatic rings. The minimum Gasteiger partial charge on any atom is -0.366 e. The number of benzene rings is 2. The molecular formula is C21H20N6. The van der Waals surface area contributed by atoms with Gasteiger partial charge >= 0.3 is 0 Å². The van der Waals surface area contributed by atoms with Gasteiger partial charge in [0, 0.05) is 42.1 Å². The monoisotopic (exact) mass is 356 g/mol. The summed E-state index contributed by atoms with van der Waals surface area (Å²) in [5.74, 6) is 1.37. The van der Waals surface area contributed by atoms with E-state index in [1.54, 1.807) is 12.5 Å². The minimum atomic E-state index is 0.570. The lowest BCUT2D eigenvalue weighted by atomic mass is 10.2. The van der Waals surface area contributed by atoms with E-state index in [2.05, 4.69) is 37.7 Å². The van der Waals surface area contributed by atoms with Crippen LogP contribution in [0.15, 0.2) is 79.4 Å². The molecule has 0 aliphatic carbocycles. The third-order valence-electron chi connectivity index (χ3n) is 4.10.